The molecule has 0 saturated heterocycles. The van der Waals surface area contributed by atoms with Gasteiger partial charge < -0.3 is 21.7 Å². The van der Waals surface area contributed by atoms with Crippen LogP contribution in [0.4, 0.5) is 4.39 Å². The number of nitrogens with zero attached hydrogens (tertiary/aromatic N) is 3. The lowest BCUT2D eigenvalue weighted by Gasteiger charge is -2.35. The molecule has 0 amide bonds. The van der Waals surface area contributed by atoms with Crippen molar-refractivity contribution in [3.05, 3.63) is 11.9 Å². The van der Waals surface area contributed by atoms with Crippen LogP contribution in [0.25, 0.3) is 0 Å². The maximum Gasteiger partial charge on any atom is 0.209 e. The van der Waals surface area contributed by atoms with Gasteiger partial charge in [0.05, 0.1) is 0 Å². The van der Waals surface area contributed by atoms with Crippen molar-refractivity contribution in [3.63, 3.8) is 0 Å². The SMILES string of the molecule is CN=C(NC#N)NCCCCSC1(C(C)F)N=CC=C(NC(=N)N)N1. The van der Waals surface area contributed by atoms with Crippen molar-refractivity contribution < 1.29 is 4.39 Å². The van der Waals surface area contributed by atoms with Gasteiger partial charge in [0.15, 0.2) is 18.3 Å². The molecule has 2 atom stereocenters. The predicted octanol–water partition coefficient (Wildman–Crippen LogP) is 0.156. The number of aliphatic imine (C=N–C) groups is 2. The van der Waals surface area contributed by atoms with E-state index in [1.54, 1.807) is 19.3 Å². The molecule has 9 nitrogen and oxygen atoms in total. The summed E-state index contributed by atoms with van der Waals surface area (Å²) in [5, 5.41) is 26.8. The van der Waals surface area contributed by atoms with Crippen LogP contribution >= 0.6 is 11.8 Å². The van der Waals surface area contributed by atoms with Crippen LogP contribution in [-0.4, -0.2) is 48.6 Å². The number of nitriles is 1. The second-order valence-corrected chi connectivity index (χ2v) is 6.45. The fourth-order valence-electron chi connectivity index (χ4n) is 1.99. The minimum absolute atomic E-state index is 0.232. The molecule has 25 heavy (non-hydrogen) atoms. The minimum atomic E-state index is -1.25. The molecule has 0 aromatic heterocycles. The highest BCUT2D eigenvalue weighted by molar-refractivity contribution is 8.00. The first-order valence-electron chi connectivity index (χ1n) is 7.72. The highest BCUT2D eigenvalue weighted by Crippen LogP contribution is 2.32. The Morgan fingerprint density at radius 3 is 3.00 bits per heavy atom. The molecular formula is C14H24FN9S. The van der Waals surface area contributed by atoms with E-state index >= 15 is 0 Å². The van der Waals surface area contributed by atoms with Gasteiger partial charge >= 0.3 is 0 Å². The van der Waals surface area contributed by atoms with Gasteiger partial charge in [-0.1, -0.05) is 0 Å². The van der Waals surface area contributed by atoms with Crippen LogP contribution in [0.1, 0.15) is 19.8 Å². The number of halogens is 1. The van der Waals surface area contributed by atoms with Crippen LogP contribution in [0.3, 0.4) is 0 Å². The molecule has 0 aromatic rings. The van der Waals surface area contributed by atoms with E-state index in [0.717, 1.165) is 12.8 Å². The van der Waals surface area contributed by atoms with Crippen molar-refractivity contribution in [2.75, 3.05) is 19.3 Å². The lowest BCUT2D eigenvalue weighted by Crippen LogP contribution is -2.52. The van der Waals surface area contributed by atoms with Crippen LogP contribution in [0, 0.1) is 16.9 Å². The topological polar surface area (TPSA) is 146 Å². The van der Waals surface area contributed by atoms with Gasteiger partial charge in [0, 0.05) is 19.8 Å². The summed E-state index contributed by atoms with van der Waals surface area (Å²) in [6.07, 6.45) is 5.31. The van der Waals surface area contributed by atoms with Crippen LogP contribution in [0.2, 0.25) is 0 Å². The van der Waals surface area contributed by atoms with E-state index in [1.807, 2.05) is 0 Å². The number of hydrogen-bond acceptors (Lipinski definition) is 6. The third kappa shape index (κ3) is 6.88. The standard InChI is InChI=1S/C14H24FN9S/c1-10(15)14(22-7-5-11(24-14)23-12(17)18)25-8-4-3-6-20-13(19-2)21-9-16/h5,7,10,24H,3-4,6,8H2,1-2H3,(H4,17,18,23)(H2,19,20,21). The molecule has 0 radical (unpaired) electrons. The molecule has 0 spiro atoms. The summed E-state index contributed by atoms with van der Waals surface area (Å²) in [6, 6.07) is 0. The van der Waals surface area contributed by atoms with Crippen molar-refractivity contribution in [3.8, 4) is 6.19 Å². The van der Waals surface area contributed by atoms with E-state index in [2.05, 4.69) is 31.3 Å². The second kappa shape index (κ2) is 10.4. The zero-order chi connectivity index (χ0) is 18.7. The van der Waals surface area contributed by atoms with E-state index in [4.69, 9.17) is 16.4 Å². The average molecular weight is 369 g/mol. The van der Waals surface area contributed by atoms with Crippen LogP contribution in [-0.2, 0) is 0 Å². The Morgan fingerprint density at radius 2 is 2.40 bits per heavy atom. The minimum Gasteiger partial charge on any atom is -0.370 e. The molecule has 138 valence electrons. The van der Waals surface area contributed by atoms with Crippen LogP contribution < -0.4 is 27.0 Å². The molecule has 0 aliphatic carbocycles. The number of nitrogens with two attached hydrogens (primary N) is 1. The predicted molar refractivity (Wildman–Crippen MR) is 99.9 cm³/mol. The Morgan fingerprint density at radius 1 is 1.64 bits per heavy atom. The fraction of sp³-hybridized carbons (Fsp3) is 0.571. The normalized spacial score (nSPS) is 20.7. The van der Waals surface area contributed by atoms with Gasteiger partial charge in [-0.05, 0) is 31.6 Å². The Hall–Kier alpha value is -2.48. The third-order valence-electron chi connectivity index (χ3n) is 3.21. The lowest BCUT2D eigenvalue weighted by atomic mass is 10.3. The number of unbranched alkanes of at least 4 members (excludes halogenated alkanes) is 1. The number of guanidine groups is 2. The number of allylic oxidation sites excluding steroid dienone is 1. The van der Waals surface area contributed by atoms with Gasteiger partial charge in [-0.2, -0.15) is 5.26 Å². The first-order valence-corrected chi connectivity index (χ1v) is 8.70. The van der Waals surface area contributed by atoms with Crippen molar-refractivity contribution in [1.82, 2.24) is 21.3 Å². The molecule has 0 saturated carbocycles. The van der Waals surface area contributed by atoms with E-state index in [1.165, 1.54) is 24.9 Å². The lowest BCUT2D eigenvalue weighted by molar-refractivity contribution is 0.258. The summed E-state index contributed by atoms with van der Waals surface area (Å²) >= 11 is 1.36. The number of alkyl halides is 1. The number of nitrogens with one attached hydrogen (secondary N) is 5. The maximum absolute atomic E-state index is 14.2. The first-order chi connectivity index (χ1) is 11.9. The van der Waals surface area contributed by atoms with Gasteiger partial charge in [0.1, 0.15) is 5.82 Å². The summed E-state index contributed by atoms with van der Waals surface area (Å²) in [5.41, 5.74) is 5.30. The summed E-state index contributed by atoms with van der Waals surface area (Å²) in [5.74, 6) is 1.31. The summed E-state index contributed by atoms with van der Waals surface area (Å²) in [4.78, 5) is 6.99. The summed E-state index contributed by atoms with van der Waals surface area (Å²) in [6.45, 7) is 2.08. The third-order valence-corrected chi connectivity index (χ3v) is 4.68. The molecule has 0 aromatic carbocycles. The average Bonchev–Trinajstić information content (AvgIpc) is 2.56. The van der Waals surface area contributed by atoms with Crippen LogP contribution in [0.15, 0.2) is 21.9 Å². The molecule has 0 fully saturated rings. The van der Waals surface area contributed by atoms with Gasteiger partial charge in [-0.15, -0.1) is 11.8 Å². The Balaban J connectivity index is 2.42. The molecule has 0 bridgehead atoms. The van der Waals surface area contributed by atoms with Gasteiger partial charge in [-0.3, -0.25) is 20.7 Å². The zero-order valence-corrected chi connectivity index (χ0v) is 15.1. The van der Waals surface area contributed by atoms with Crippen LogP contribution in [0.5, 0.6) is 0 Å². The Kier molecular flexibility index (Phi) is 8.55. The number of thioether (sulfide) groups is 1. The molecule has 1 rings (SSSR count). The molecular weight excluding hydrogens is 345 g/mol. The quantitative estimate of drug-likeness (QED) is 0.117. The number of rotatable bonds is 8. The Labute approximate surface area is 150 Å². The van der Waals surface area contributed by atoms with E-state index < -0.39 is 11.2 Å². The maximum atomic E-state index is 14.2. The Bertz CT molecular complexity index is 581. The number of hydrogen-bond donors (Lipinski definition) is 6. The largest absolute Gasteiger partial charge is 0.370 e. The summed E-state index contributed by atoms with van der Waals surface area (Å²) in [7, 11) is 1.59. The van der Waals surface area contributed by atoms with E-state index in [0.29, 0.717) is 24.1 Å². The van der Waals surface area contributed by atoms with Gasteiger partial charge in [-0.25, -0.2) is 4.39 Å². The molecule has 1 aliphatic rings. The molecule has 1 heterocycles. The highest BCUT2D eigenvalue weighted by atomic mass is 32.2. The van der Waals surface area contributed by atoms with E-state index in [9.17, 15) is 4.39 Å². The van der Waals surface area contributed by atoms with Crippen molar-refractivity contribution in [2.45, 2.75) is 30.9 Å². The molecule has 1 aliphatic heterocycles. The highest BCUT2D eigenvalue weighted by Gasteiger charge is 2.38. The van der Waals surface area contributed by atoms with Gasteiger partial charge in [0.25, 0.3) is 0 Å². The molecule has 11 heteroatoms. The van der Waals surface area contributed by atoms with E-state index in [-0.39, 0.29) is 5.96 Å². The molecule has 7 N–H and O–H groups in total. The molecule has 2 unspecified atom stereocenters. The first kappa shape index (κ1) is 20.6. The fourth-order valence-corrected chi connectivity index (χ4v) is 3.20. The second-order valence-electron chi connectivity index (χ2n) is 5.13. The van der Waals surface area contributed by atoms with Gasteiger partial charge in [0.2, 0.25) is 11.0 Å². The van der Waals surface area contributed by atoms with Crippen molar-refractivity contribution >= 4 is 29.9 Å². The monoisotopic (exact) mass is 369 g/mol. The zero-order valence-electron chi connectivity index (χ0n) is 14.3. The summed E-state index contributed by atoms with van der Waals surface area (Å²) < 4.78 is 14.2. The van der Waals surface area contributed by atoms with Crippen molar-refractivity contribution in [2.24, 2.45) is 15.7 Å². The smallest absolute Gasteiger partial charge is 0.209 e. The van der Waals surface area contributed by atoms with Crippen molar-refractivity contribution in [1.29, 1.82) is 10.7 Å².